The minimum absolute atomic E-state index is 0.0240. The molecule has 3 aromatic rings. The van der Waals surface area contributed by atoms with Crippen molar-refractivity contribution in [2.45, 2.75) is 26.5 Å². The summed E-state index contributed by atoms with van der Waals surface area (Å²) in [6.07, 6.45) is 0.880. The summed E-state index contributed by atoms with van der Waals surface area (Å²) in [5, 5.41) is 7.70. The Morgan fingerprint density at radius 2 is 1.86 bits per heavy atom. The van der Waals surface area contributed by atoms with Gasteiger partial charge in [0.25, 0.3) is 5.91 Å². The lowest BCUT2D eigenvalue weighted by Crippen LogP contribution is -2.31. The molecule has 0 fully saturated rings. The molecule has 1 atom stereocenters. The second kappa shape index (κ2) is 8.71. The van der Waals surface area contributed by atoms with Gasteiger partial charge in [-0.3, -0.25) is 9.59 Å². The maximum Gasteiger partial charge on any atom is 0.266 e. The summed E-state index contributed by atoms with van der Waals surface area (Å²) in [7, 11) is 0. The largest absolute Gasteiger partial charge is 0.481 e. The van der Waals surface area contributed by atoms with Crippen molar-refractivity contribution in [3.63, 3.8) is 0 Å². The molecule has 3 rings (SSSR count). The van der Waals surface area contributed by atoms with Crippen molar-refractivity contribution in [2.24, 2.45) is 0 Å². The maximum absolute atomic E-state index is 12.5. The Morgan fingerprint density at radius 3 is 2.54 bits per heavy atom. The van der Waals surface area contributed by atoms with Gasteiger partial charge in [-0.1, -0.05) is 29.8 Å². The Hall–Kier alpha value is -3.12. The molecule has 0 saturated heterocycles. The topological polar surface area (TPSA) is 73.2 Å². The van der Waals surface area contributed by atoms with Crippen molar-refractivity contribution in [1.82, 2.24) is 9.78 Å². The first kappa shape index (κ1) is 19.6. The van der Waals surface area contributed by atoms with Gasteiger partial charge in [-0.2, -0.15) is 5.10 Å². The van der Waals surface area contributed by atoms with Crippen LogP contribution in [0.4, 0.5) is 5.82 Å². The lowest BCUT2D eigenvalue weighted by Gasteiger charge is -2.16. The SMILES string of the molecule is CC(=O)c1ccc(O[C@@H](C)C(=O)Nc2ccnn2Cc2ccccc2Cl)cc1. The number of aromatic nitrogens is 2. The monoisotopic (exact) mass is 397 g/mol. The van der Waals surface area contributed by atoms with Gasteiger partial charge in [-0.25, -0.2) is 4.68 Å². The van der Waals surface area contributed by atoms with E-state index in [1.165, 1.54) is 6.92 Å². The number of anilines is 1. The molecule has 2 aromatic carbocycles. The molecule has 1 aromatic heterocycles. The molecular formula is C21H20ClN3O3. The number of amides is 1. The van der Waals surface area contributed by atoms with Crippen molar-refractivity contribution in [3.8, 4) is 5.75 Å². The Kier molecular flexibility index (Phi) is 6.11. The second-order valence-corrected chi connectivity index (χ2v) is 6.70. The number of ether oxygens (including phenoxy) is 1. The van der Waals surface area contributed by atoms with E-state index in [2.05, 4.69) is 10.4 Å². The lowest BCUT2D eigenvalue weighted by molar-refractivity contribution is -0.122. The summed E-state index contributed by atoms with van der Waals surface area (Å²) >= 11 is 6.20. The smallest absolute Gasteiger partial charge is 0.266 e. The summed E-state index contributed by atoms with van der Waals surface area (Å²) in [4.78, 5) is 23.8. The highest BCUT2D eigenvalue weighted by molar-refractivity contribution is 6.31. The van der Waals surface area contributed by atoms with Crippen molar-refractivity contribution < 1.29 is 14.3 Å². The molecule has 7 heteroatoms. The average molecular weight is 398 g/mol. The number of nitrogens with zero attached hydrogens (tertiary/aromatic N) is 2. The van der Waals surface area contributed by atoms with E-state index in [-0.39, 0.29) is 11.7 Å². The first-order valence-corrected chi connectivity index (χ1v) is 9.15. The van der Waals surface area contributed by atoms with Crippen LogP contribution in [0, 0.1) is 0 Å². The van der Waals surface area contributed by atoms with Crippen LogP contribution in [0.2, 0.25) is 5.02 Å². The molecule has 0 radical (unpaired) electrons. The highest BCUT2D eigenvalue weighted by Gasteiger charge is 2.17. The van der Waals surface area contributed by atoms with E-state index in [4.69, 9.17) is 16.3 Å². The van der Waals surface area contributed by atoms with Gasteiger partial charge in [0.15, 0.2) is 11.9 Å². The van der Waals surface area contributed by atoms with E-state index in [9.17, 15) is 9.59 Å². The van der Waals surface area contributed by atoms with Gasteiger partial charge in [0, 0.05) is 16.7 Å². The minimum Gasteiger partial charge on any atom is -0.481 e. The number of carbonyl (C=O) groups excluding carboxylic acids is 2. The first-order valence-electron chi connectivity index (χ1n) is 8.78. The minimum atomic E-state index is -0.730. The van der Waals surface area contributed by atoms with Gasteiger partial charge in [0.05, 0.1) is 12.7 Å². The fourth-order valence-electron chi connectivity index (χ4n) is 2.61. The van der Waals surface area contributed by atoms with Crippen molar-refractivity contribution >= 4 is 29.1 Å². The Labute approximate surface area is 168 Å². The zero-order valence-electron chi connectivity index (χ0n) is 15.6. The van der Waals surface area contributed by atoms with Crippen LogP contribution in [0.1, 0.15) is 29.8 Å². The highest BCUT2D eigenvalue weighted by Crippen LogP contribution is 2.19. The van der Waals surface area contributed by atoms with E-state index < -0.39 is 6.10 Å². The molecule has 0 bridgehead atoms. The number of ketones is 1. The van der Waals surface area contributed by atoms with Crippen LogP contribution >= 0.6 is 11.6 Å². The third kappa shape index (κ3) is 4.78. The van der Waals surface area contributed by atoms with E-state index in [0.29, 0.717) is 28.7 Å². The number of hydrogen-bond acceptors (Lipinski definition) is 4. The normalized spacial score (nSPS) is 11.7. The second-order valence-electron chi connectivity index (χ2n) is 6.30. The number of hydrogen-bond donors (Lipinski definition) is 1. The summed E-state index contributed by atoms with van der Waals surface area (Å²) in [5.74, 6) is 0.727. The number of halogens is 1. The van der Waals surface area contributed by atoms with Gasteiger partial charge in [-0.15, -0.1) is 0 Å². The molecule has 0 aliphatic heterocycles. The Morgan fingerprint density at radius 1 is 1.14 bits per heavy atom. The molecule has 28 heavy (non-hydrogen) atoms. The van der Waals surface area contributed by atoms with Crippen LogP contribution in [0.5, 0.6) is 5.75 Å². The standard InChI is InChI=1S/C21H20ClN3O3/c1-14(26)16-7-9-18(10-8-16)28-15(2)21(27)24-20-11-12-23-25(20)13-17-5-3-4-6-19(17)22/h3-12,15H,13H2,1-2H3,(H,24,27)/t15-/m0/s1. The lowest BCUT2D eigenvalue weighted by atomic mass is 10.1. The zero-order chi connectivity index (χ0) is 20.1. The van der Waals surface area contributed by atoms with E-state index >= 15 is 0 Å². The van der Waals surface area contributed by atoms with E-state index in [1.54, 1.807) is 48.1 Å². The number of rotatable bonds is 7. The van der Waals surface area contributed by atoms with Crippen LogP contribution in [-0.4, -0.2) is 27.6 Å². The van der Waals surface area contributed by atoms with Gasteiger partial charge < -0.3 is 10.1 Å². The summed E-state index contributed by atoms with van der Waals surface area (Å²) < 4.78 is 7.32. The Balaban J connectivity index is 1.64. The van der Waals surface area contributed by atoms with Crippen molar-refractivity contribution in [1.29, 1.82) is 0 Å². The number of benzene rings is 2. The van der Waals surface area contributed by atoms with Crippen LogP contribution in [0.25, 0.3) is 0 Å². The van der Waals surface area contributed by atoms with Gasteiger partial charge >= 0.3 is 0 Å². The number of Topliss-reactive ketones (excluding diaryl/α,β-unsaturated/α-hetero) is 1. The van der Waals surface area contributed by atoms with Gasteiger partial charge in [0.2, 0.25) is 0 Å². The molecule has 144 valence electrons. The molecule has 0 unspecified atom stereocenters. The summed E-state index contributed by atoms with van der Waals surface area (Å²) in [6.45, 7) is 3.59. The third-order valence-electron chi connectivity index (χ3n) is 4.19. The maximum atomic E-state index is 12.5. The van der Waals surface area contributed by atoms with E-state index in [1.807, 2.05) is 24.3 Å². The molecule has 0 aliphatic carbocycles. The zero-order valence-corrected chi connectivity index (χ0v) is 16.3. The molecule has 0 aliphatic rings. The van der Waals surface area contributed by atoms with Gasteiger partial charge in [0.1, 0.15) is 11.6 Å². The van der Waals surface area contributed by atoms with Crippen molar-refractivity contribution in [3.05, 3.63) is 76.9 Å². The van der Waals surface area contributed by atoms with E-state index in [0.717, 1.165) is 5.56 Å². The van der Waals surface area contributed by atoms with Gasteiger partial charge in [-0.05, 0) is 49.7 Å². The fraction of sp³-hybridized carbons (Fsp3) is 0.190. The number of nitrogens with one attached hydrogen (secondary N) is 1. The Bertz CT molecular complexity index is 983. The fourth-order valence-corrected chi connectivity index (χ4v) is 2.80. The molecule has 0 saturated carbocycles. The predicted octanol–water partition coefficient (Wildman–Crippen LogP) is 4.19. The predicted molar refractivity (Wildman–Crippen MR) is 108 cm³/mol. The van der Waals surface area contributed by atoms with Crippen LogP contribution < -0.4 is 10.1 Å². The average Bonchev–Trinajstić information content (AvgIpc) is 3.10. The van der Waals surface area contributed by atoms with Crippen LogP contribution in [0.3, 0.4) is 0 Å². The molecule has 1 heterocycles. The van der Waals surface area contributed by atoms with Crippen molar-refractivity contribution in [2.75, 3.05) is 5.32 Å². The highest BCUT2D eigenvalue weighted by atomic mass is 35.5. The first-order chi connectivity index (χ1) is 13.4. The molecule has 6 nitrogen and oxygen atoms in total. The molecule has 0 spiro atoms. The molecule has 1 N–H and O–H groups in total. The molecular weight excluding hydrogens is 378 g/mol. The molecule has 1 amide bonds. The number of carbonyl (C=O) groups is 2. The summed E-state index contributed by atoms with van der Waals surface area (Å²) in [5.41, 5.74) is 1.49. The summed E-state index contributed by atoms with van der Waals surface area (Å²) in [6, 6.07) is 15.9. The quantitative estimate of drug-likeness (QED) is 0.606. The van der Waals surface area contributed by atoms with Crippen LogP contribution in [-0.2, 0) is 11.3 Å². The van der Waals surface area contributed by atoms with Crippen LogP contribution in [0.15, 0.2) is 60.8 Å². The third-order valence-corrected chi connectivity index (χ3v) is 4.56.